The van der Waals surface area contributed by atoms with Crippen LogP contribution in [-0.2, 0) is 11.3 Å². The number of nitrogens with zero attached hydrogens (tertiary/aromatic N) is 1. The topological polar surface area (TPSA) is 44.4 Å². The molecule has 4 nitrogen and oxygen atoms in total. The summed E-state index contributed by atoms with van der Waals surface area (Å²) in [5.74, 6) is 0.110. The molecule has 0 bridgehead atoms. The molecule has 1 amide bonds. The van der Waals surface area contributed by atoms with E-state index in [1.165, 1.54) is 4.88 Å². The number of piperazine rings is 1. The van der Waals surface area contributed by atoms with Gasteiger partial charge >= 0.3 is 0 Å². The molecule has 0 radical (unpaired) electrons. The van der Waals surface area contributed by atoms with Crippen molar-refractivity contribution in [1.82, 2.24) is 15.5 Å². The average Bonchev–Trinajstić information content (AvgIpc) is 2.82. The van der Waals surface area contributed by atoms with Crippen LogP contribution in [0.4, 0.5) is 0 Å². The summed E-state index contributed by atoms with van der Waals surface area (Å²) in [4.78, 5) is 15.4. The highest BCUT2D eigenvalue weighted by atomic mass is 32.1. The molecule has 18 heavy (non-hydrogen) atoms. The van der Waals surface area contributed by atoms with Crippen molar-refractivity contribution >= 4 is 17.2 Å². The molecule has 0 saturated carbocycles. The van der Waals surface area contributed by atoms with Crippen molar-refractivity contribution in [2.24, 2.45) is 0 Å². The van der Waals surface area contributed by atoms with Crippen LogP contribution in [0.15, 0.2) is 17.5 Å². The molecule has 1 aromatic rings. The fourth-order valence-electron chi connectivity index (χ4n) is 2.14. The first kappa shape index (κ1) is 13.5. The highest BCUT2D eigenvalue weighted by molar-refractivity contribution is 7.09. The molecular formula is C13H21N3OS. The van der Waals surface area contributed by atoms with Crippen LogP contribution >= 0.6 is 11.3 Å². The van der Waals surface area contributed by atoms with E-state index in [-0.39, 0.29) is 11.4 Å². The monoisotopic (exact) mass is 267 g/mol. The number of hydrogen-bond donors (Lipinski definition) is 2. The molecule has 0 aliphatic carbocycles. The molecule has 0 spiro atoms. The van der Waals surface area contributed by atoms with Gasteiger partial charge in [-0.2, -0.15) is 0 Å². The Hall–Kier alpha value is -0.910. The second-order valence-corrected chi connectivity index (χ2v) is 6.30. The molecule has 0 aromatic carbocycles. The van der Waals surface area contributed by atoms with Crippen LogP contribution < -0.4 is 10.6 Å². The second-order valence-electron chi connectivity index (χ2n) is 5.27. The summed E-state index contributed by atoms with van der Waals surface area (Å²) in [6.45, 7) is 8.30. The van der Waals surface area contributed by atoms with Crippen molar-refractivity contribution < 1.29 is 4.79 Å². The molecule has 0 atom stereocenters. The van der Waals surface area contributed by atoms with Crippen molar-refractivity contribution in [3.05, 3.63) is 22.4 Å². The summed E-state index contributed by atoms with van der Waals surface area (Å²) in [7, 11) is 0. The number of nitrogens with one attached hydrogen (secondary N) is 2. The fraction of sp³-hybridized carbons (Fsp3) is 0.615. The lowest BCUT2D eigenvalue weighted by molar-refractivity contribution is -0.124. The average molecular weight is 267 g/mol. The van der Waals surface area contributed by atoms with Gasteiger partial charge in [0, 0.05) is 30.1 Å². The summed E-state index contributed by atoms with van der Waals surface area (Å²) in [5, 5.41) is 8.37. The van der Waals surface area contributed by atoms with Gasteiger partial charge in [0.05, 0.1) is 13.1 Å². The molecule has 5 heteroatoms. The Kier molecular flexibility index (Phi) is 4.37. The fourth-order valence-corrected chi connectivity index (χ4v) is 2.79. The Labute approximate surface area is 112 Å². The van der Waals surface area contributed by atoms with Crippen LogP contribution in [0.1, 0.15) is 18.7 Å². The minimum Gasteiger partial charge on any atom is -0.350 e. The van der Waals surface area contributed by atoms with Gasteiger partial charge in [-0.25, -0.2) is 0 Å². The van der Waals surface area contributed by atoms with E-state index in [2.05, 4.69) is 29.4 Å². The zero-order chi connectivity index (χ0) is 13.0. The van der Waals surface area contributed by atoms with Crippen molar-refractivity contribution in [1.29, 1.82) is 0 Å². The normalized spacial score (nSPS) is 19.7. The zero-order valence-electron chi connectivity index (χ0n) is 11.0. The number of rotatable bonds is 4. The van der Waals surface area contributed by atoms with Gasteiger partial charge < -0.3 is 10.6 Å². The molecule has 2 rings (SSSR count). The summed E-state index contributed by atoms with van der Waals surface area (Å²) in [5.41, 5.74) is 0.0541. The molecule has 2 N–H and O–H groups in total. The van der Waals surface area contributed by atoms with Crippen LogP contribution in [0.5, 0.6) is 0 Å². The minimum absolute atomic E-state index is 0.0541. The van der Waals surface area contributed by atoms with E-state index in [0.29, 0.717) is 13.1 Å². The summed E-state index contributed by atoms with van der Waals surface area (Å²) in [6.07, 6.45) is 0. The first-order chi connectivity index (χ1) is 8.58. The van der Waals surface area contributed by atoms with E-state index in [0.717, 1.165) is 19.6 Å². The van der Waals surface area contributed by atoms with E-state index in [1.54, 1.807) is 11.3 Å². The Balaban J connectivity index is 1.79. The van der Waals surface area contributed by atoms with Gasteiger partial charge in [-0.1, -0.05) is 6.07 Å². The van der Waals surface area contributed by atoms with E-state index in [4.69, 9.17) is 0 Å². The SMILES string of the molecule is CC1(C)CNCCN1CC(=O)NCc1cccs1. The third-order valence-corrected chi connectivity index (χ3v) is 4.22. The van der Waals surface area contributed by atoms with Crippen LogP contribution in [-0.4, -0.2) is 42.5 Å². The zero-order valence-corrected chi connectivity index (χ0v) is 11.8. The molecule has 1 fully saturated rings. The standard InChI is InChI=1S/C13H21N3OS/c1-13(2)10-14-5-6-16(13)9-12(17)15-8-11-4-3-7-18-11/h3-4,7,14H,5-6,8-10H2,1-2H3,(H,15,17). The van der Waals surface area contributed by atoms with Crippen molar-refractivity contribution in [2.45, 2.75) is 25.9 Å². The minimum atomic E-state index is 0.0541. The van der Waals surface area contributed by atoms with Crippen LogP contribution in [0, 0.1) is 0 Å². The van der Waals surface area contributed by atoms with Gasteiger partial charge in [0.1, 0.15) is 0 Å². The lowest BCUT2D eigenvalue weighted by Gasteiger charge is -2.42. The van der Waals surface area contributed by atoms with Gasteiger partial charge in [0.15, 0.2) is 0 Å². The molecule has 2 heterocycles. The van der Waals surface area contributed by atoms with Gasteiger partial charge in [-0.05, 0) is 25.3 Å². The van der Waals surface area contributed by atoms with Crippen LogP contribution in [0.25, 0.3) is 0 Å². The van der Waals surface area contributed by atoms with Gasteiger partial charge in [-0.15, -0.1) is 11.3 Å². The largest absolute Gasteiger partial charge is 0.350 e. The number of carbonyl (C=O) groups is 1. The maximum atomic E-state index is 11.9. The molecule has 1 aliphatic heterocycles. The Morgan fingerprint density at radius 2 is 2.44 bits per heavy atom. The van der Waals surface area contributed by atoms with E-state index >= 15 is 0 Å². The number of thiophene rings is 1. The van der Waals surface area contributed by atoms with E-state index in [9.17, 15) is 4.79 Å². The van der Waals surface area contributed by atoms with E-state index < -0.39 is 0 Å². The summed E-state index contributed by atoms with van der Waals surface area (Å²) in [6, 6.07) is 4.05. The number of carbonyl (C=O) groups excluding carboxylic acids is 1. The van der Waals surface area contributed by atoms with Gasteiger partial charge in [-0.3, -0.25) is 9.69 Å². The molecule has 1 saturated heterocycles. The third-order valence-electron chi connectivity index (χ3n) is 3.35. The van der Waals surface area contributed by atoms with Crippen LogP contribution in [0.3, 0.4) is 0 Å². The molecule has 0 unspecified atom stereocenters. The highest BCUT2D eigenvalue weighted by Gasteiger charge is 2.30. The first-order valence-electron chi connectivity index (χ1n) is 6.33. The molecule has 100 valence electrons. The van der Waals surface area contributed by atoms with Crippen molar-refractivity contribution in [3.63, 3.8) is 0 Å². The Morgan fingerprint density at radius 3 is 3.11 bits per heavy atom. The maximum absolute atomic E-state index is 11.9. The Morgan fingerprint density at radius 1 is 1.61 bits per heavy atom. The molecule has 1 aliphatic rings. The predicted octanol–water partition coefficient (Wildman–Crippen LogP) is 1.05. The second kappa shape index (κ2) is 5.82. The van der Waals surface area contributed by atoms with Gasteiger partial charge in [0.25, 0.3) is 0 Å². The van der Waals surface area contributed by atoms with Gasteiger partial charge in [0.2, 0.25) is 5.91 Å². The highest BCUT2D eigenvalue weighted by Crippen LogP contribution is 2.15. The van der Waals surface area contributed by atoms with Crippen molar-refractivity contribution in [3.8, 4) is 0 Å². The van der Waals surface area contributed by atoms with Crippen molar-refractivity contribution in [2.75, 3.05) is 26.2 Å². The predicted molar refractivity (Wildman–Crippen MR) is 74.7 cm³/mol. The molecular weight excluding hydrogens is 246 g/mol. The lowest BCUT2D eigenvalue weighted by Crippen LogP contribution is -2.59. The lowest BCUT2D eigenvalue weighted by atomic mass is 10.0. The first-order valence-corrected chi connectivity index (χ1v) is 7.21. The van der Waals surface area contributed by atoms with Crippen LogP contribution in [0.2, 0.25) is 0 Å². The molecule has 1 aromatic heterocycles. The maximum Gasteiger partial charge on any atom is 0.234 e. The number of amides is 1. The smallest absolute Gasteiger partial charge is 0.234 e. The quantitative estimate of drug-likeness (QED) is 0.857. The van der Waals surface area contributed by atoms with E-state index in [1.807, 2.05) is 17.5 Å². The summed E-state index contributed by atoms with van der Waals surface area (Å²) < 4.78 is 0. The Bertz CT molecular complexity index is 389. The third kappa shape index (κ3) is 3.54. The summed E-state index contributed by atoms with van der Waals surface area (Å²) >= 11 is 1.67. The number of hydrogen-bond acceptors (Lipinski definition) is 4.